The fourth-order valence-electron chi connectivity index (χ4n) is 2.80. The summed E-state index contributed by atoms with van der Waals surface area (Å²) in [6, 6.07) is 1.66. The highest BCUT2D eigenvalue weighted by atomic mass is 32.1. The second-order valence-corrected chi connectivity index (χ2v) is 6.49. The first kappa shape index (κ1) is 16.5. The molecule has 6 nitrogen and oxygen atoms in total. The number of thiol groups is 1. The molecule has 0 aromatic carbocycles. The van der Waals surface area contributed by atoms with E-state index in [1.165, 1.54) is 0 Å². The number of nitrogens with one attached hydrogen (secondary N) is 4. The maximum Gasteiger partial charge on any atom is 0.418 e. The van der Waals surface area contributed by atoms with Gasteiger partial charge in [-0.1, -0.05) is 0 Å². The molecule has 10 heteroatoms. The van der Waals surface area contributed by atoms with E-state index >= 15 is 0 Å². The predicted molar refractivity (Wildman–Crippen MR) is 80.4 cm³/mol. The van der Waals surface area contributed by atoms with Crippen LogP contribution in [0.5, 0.6) is 0 Å². The summed E-state index contributed by atoms with van der Waals surface area (Å²) in [5.74, 6) is -0.369. The Morgan fingerprint density at radius 2 is 2.13 bits per heavy atom. The summed E-state index contributed by atoms with van der Waals surface area (Å²) in [7, 11) is 0. The Morgan fingerprint density at radius 1 is 1.35 bits per heavy atom. The first-order valence-corrected chi connectivity index (χ1v) is 7.61. The largest absolute Gasteiger partial charge is 0.418 e. The van der Waals surface area contributed by atoms with Crippen LogP contribution in [0.3, 0.4) is 0 Å². The Labute approximate surface area is 135 Å². The first-order valence-electron chi connectivity index (χ1n) is 7.17. The molecule has 0 aliphatic carbocycles. The number of halogens is 3. The van der Waals surface area contributed by atoms with Crippen LogP contribution in [0.4, 0.5) is 18.9 Å². The first-order chi connectivity index (χ1) is 10.7. The molecule has 4 N–H and O–H groups in total. The minimum Gasteiger partial charge on any atom is -0.364 e. The Hall–Kier alpha value is -1.39. The number of fused-ring (bicyclic) bond motifs is 1. The number of hydrogen-bond acceptors (Lipinski definition) is 5. The van der Waals surface area contributed by atoms with Gasteiger partial charge in [0.25, 0.3) is 5.91 Å². The molecule has 0 saturated carbocycles. The summed E-state index contributed by atoms with van der Waals surface area (Å²) >= 11 is 4.35. The monoisotopic (exact) mass is 350 g/mol. The lowest BCUT2D eigenvalue weighted by Gasteiger charge is -2.37. The molecule has 1 aromatic heterocycles. The van der Waals surface area contributed by atoms with Crippen LogP contribution in [-0.2, 0) is 4.74 Å². The van der Waals surface area contributed by atoms with Crippen molar-refractivity contribution in [2.75, 3.05) is 25.0 Å². The van der Waals surface area contributed by atoms with E-state index in [1.54, 1.807) is 12.3 Å². The highest BCUT2D eigenvalue weighted by Crippen LogP contribution is 2.39. The molecule has 2 unspecified atom stereocenters. The van der Waals surface area contributed by atoms with E-state index < -0.39 is 16.8 Å². The molecule has 3 rings (SSSR count). The number of hydrogen-bond donors (Lipinski definition) is 5. The molecule has 1 fully saturated rings. The normalized spacial score (nSPS) is 30.7. The van der Waals surface area contributed by atoms with Crippen LogP contribution in [0.2, 0.25) is 0 Å². The molecular formula is C13H17F3N4O2S. The van der Waals surface area contributed by atoms with Crippen LogP contribution < -0.4 is 16.0 Å². The van der Waals surface area contributed by atoms with Gasteiger partial charge in [0.2, 0.25) is 0 Å². The fraction of sp³-hybridized carbons (Fsp3) is 0.615. The van der Waals surface area contributed by atoms with Crippen molar-refractivity contribution >= 4 is 24.2 Å². The Morgan fingerprint density at radius 3 is 2.78 bits per heavy atom. The summed E-state index contributed by atoms with van der Waals surface area (Å²) in [5, 5.41) is 8.28. The van der Waals surface area contributed by atoms with Gasteiger partial charge in [0.05, 0.1) is 12.3 Å². The fourth-order valence-corrected chi connectivity index (χ4v) is 3.11. The number of ether oxygens (including phenoxy) is 1. The number of amides is 1. The maximum atomic E-state index is 13.2. The van der Waals surface area contributed by atoms with E-state index in [2.05, 4.69) is 33.6 Å². The molecule has 2 aliphatic heterocycles. The smallest absolute Gasteiger partial charge is 0.364 e. The molecule has 0 spiro atoms. The summed E-state index contributed by atoms with van der Waals surface area (Å²) in [4.78, 5) is 13.6. The summed E-state index contributed by atoms with van der Waals surface area (Å²) in [5.41, 5.74) is -1.26. The van der Waals surface area contributed by atoms with Crippen molar-refractivity contribution < 1.29 is 22.7 Å². The lowest BCUT2D eigenvalue weighted by Crippen LogP contribution is -2.55. The second kappa shape index (κ2) is 5.60. The quantitative estimate of drug-likeness (QED) is 0.533. The van der Waals surface area contributed by atoms with Crippen LogP contribution in [0.25, 0.3) is 0 Å². The average Bonchev–Trinajstić information content (AvgIpc) is 3.06. The molecule has 3 heterocycles. The van der Waals surface area contributed by atoms with Gasteiger partial charge in [0, 0.05) is 19.2 Å². The van der Waals surface area contributed by atoms with Crippen LogP contribution in [-0.4, -0.2) is 47.4 Å². The highest BCUT2D eigenvalue weighted by Gasteiger charge is 2.57. The van der Waals surface area contributed by atoms with Crippen molar-refractivity contribution in [3.63, 3.8) is 0 Å². The summed E-state index contributed by atoms with van der Waals surface area (Å²) < 4.78 is 44.9. The van der Waals surface area contributed by atoms with Gasteiger partial charge in [-0.05, 0) is 19.0 Å². The lowest BCUT2D eigenvalue weighted by atomic mass is 10.0. The SMILES string of the molecule is O=C1NC(S)(CCOC2(C(F)(F)F)CCNC2)Nc2cc[nH]c21. The van der Waals surface area contributed by atoms with Gasteiger partial charge in [-0.25, -0.2) is 0 Å². The third-order valence-corrected chi connectivity index (χ3v) is 4.56. The molecule has 0 bridgehead atoms. The van der Waals surface area contributed by atoms with E-state index in [0.717, 1.165) is 0 Å². The number of aromatic amines is 1. The number of aromatic nitrogens is 1. The van der Waals surface area contributed by atoms with Crippen molar-refractivity contribution in [2.24, 2.45) is 0 Å². The van der Waals surface area contributed by atoms with Crippen LogP contribution in [0, 0.1) is 0 Å². The molecule has 128 valence electrons. The number of anilines is 1. The van der Waals surface area contributed by atoms with E-state index in [-0.39, 0.29) is 38.4 Å². The zero-order chi connectivity index (χ0) is 16.7. The van der Waals surface area contributed by atoms with Gasteiger partial charge in [-0.2, -0.15) is 13.2 Å². The van der Waals surface area contributed by atoms with Gasteiger partial charge in [0.15, 0.2) is 10.6 Å². The number of alkyl halides is 3. The summed E-state index contributed by atoms with van der Waals surface area (Å²) in [6.07, 6.45) is -2.91. The van der Waals surface area contributed by atoms with Gasteiger partial charge < -0.3 is 25.7 Å². The lowest BCUT2D eigenvalue weighted by molar-refractivity contribution is -0.270. The average molecular weight is 350 g/mol. The Balaban J connectivity index is 1.63. The van der Waals surface area contributed by atoms with Crippen molar-refractivity contribution in [1.82, 2.24) is 15.6 Å². The van der Waals surface area contributed by atoms with Gasteiger partial charge in [-0.3, -0.25) is 4.79 Å². The van der Waals surface area contributed by atoms with E-state index in [1.807, 2.05) is 0 Å². The number of carbonyl (C=O) groups is 1. The second-order valence-electron chi connectivity index (χ2n) is 5.72. The zero-order valence-electron chi connectivity index (χ0n) is 12.1. The van der Waals surface area contributed by atoms with E-state index in [9.17, 15) is 18.0 Å². The predicted octanol–water partition coefficient (Wildman–Crippen LogP) is 1.45. The van der Waals surface area contributed by atoms with E-state index in [4.69, 9.17) is 4.74 Å². The molecule has 1 aromatic rings. The Bertz CT molecular complexity index is 600. The highest BCUT2D eigenvalue weighted by molar-refractivity contribution is 7.81. The number of carbonyl (C=O) groups excluding carboxylic acids is 1. The zero-order valence-corrected chi connectivity index (χ0v) is 13.0. The van der Waals surface area contributed by atoms with Crippen molar-refractivity contribution in [2.45, 2.75) is 29.6 Å². The minimum atomic E-state index is -4.45. The summed E-state index contributed by atoms with van der Waals surface area (Å²) in [6.45, 7) is -0.206. The molecule has 23 heavy (non-hydrogen) atoms. The Kier molecular flexibility index (Phi) is 4.01. The third kappa shape index (κ3) is 3.02. The van der Waals surface area contributed by atoms with Crippen LogP contribution in [0.1, 0.15) is 23.3 Å². The molecule has 2 atom stereocenters. The molecule has 0 radical (unpaired) electrons. The molecule has 1 saturated heterocycles. The van der Waals surface area contributed by atoms with Crippen LogP contribution in [0.15, 0.2) is 12.3 Å². The van der Waals surface area contributed by atoms with Gasteiger partial charge in [-0.15, -0.1) is 12.6 Å². The topological polar surface area (TPSA) is 78.2 Å². The van der Waals surface area contributed by atoms with Crippen molar-refractivity contribution in [1.29, 1.82) is 0 Å². The van der Waals surface area contributed by atoms with Crippen LogP contribution >= 0.6 is 12.6 Å². The van der Waals surface area contributed by atoms with Gasteiger partial charge in [0.1, 0.15) is 5.69 Å². The molecule has 1 amide bonds. The third-order valence-electron chi connectivity index (χ3n) is 4.11. The molecular weight excluding hydrogens is 333 g/mol. The van der Waals surface area contributed by atoms with Crippen molar-refractivity contribution in [3.05, 3.63) is 18.0 Å². The minimum absolute atomic E-state index is 0.0737. The van der Waals surface area contributed by atoms with Crippen molar-refractivity contribution in [3.8, 4) is 0 Å². The maximum absolute atomic E-state index is 13.2. The van der Waals surface area contributed by atoms with Gasteiger partial charge >= 0.3 is 6.18 Å². The standard InChI is InChI=1S/C13H17F3N4O2S/c14-13(15,16)11(2-5-17-7-11)22-6-3-12(23)19-8-1-4-18-9(8)10(21)20-12/h1,4,17-19,23H,2-3,5-7H2,(H,20,21). The number of H-pyrrole nitrogens is 1. The molecule has 2 aliphatic rings. The number of rotatable bonds is 4. The van der Waals surface area contributed by atoms with E-state index in [0.29, 0.717) is 11.4 Å².